The number of hydrogen-bond donors (Lipinski definition) is 1. The maximum atomic E-state index is 12.7. The number of benzene rings is 2. The van der Waals surface area contributed by atoms with Gasteiger partial charge in [-0.25, -0.2) is 0 Å². The predicted molar refractivity (Wildman–Crippen MR) is 91.9 cm³/mol. The lowest BCUT2D eigenvalue weighted by atomic mass is 9.86. The molecule has 0 spiro atoms. The van der Waals surface area contributed by atoms with Crippen LogP contribution in [0.15, 0.2) is 48.5 Å². The van der Waals surface area contributed by atoms with Gasteiger partial charge in [0.2, 0.25) is 11.8 Å². The number of anilines is 2. The van der Waals surface area contributed by atoms with Gasteiger partial charge in [0.1, 0.15) is 6.54 Å². The van der Waals surface area contributed by atoms with Crippen molar-refractivity contribution < 1.29 is 9.59 Å². The molecule has 0 fully saturated rings. The highest BCUT2D eigenvalue weighted by atomic mass is 35.5. The summed E-state index contributed by atoms with van der Waals surface area (Å²) in [5.41, 5.74) is 1.65. The zero-order valence-electron chi connectivity index (χ0n) is 13.0. The average molecular weight is 329 g/mol. The molecule has 0 bridgehead atoms. The molecular weight excluding hydrogens is 312 g/mol. The Morgan fingerprint density at radius 2 is 1.78 bits per heavy atom. The van der Waals surface area contributed by atoms with Gasteiger partial charge in [0.15, 0.2) is 0 Å². The van der Waals surface area contributed by atoms with E-state index in [9.17, 15) is 9.59 Å². The Kier molecular flexibility index (Phi) is 3.86. The molecule has 3 rings (SSSR count). The largest absolute Gasteiger partial charge is 0.323 e. The van der Waals surface area contributed by atoms with E-state index in [1.54, 1.807) is 24.3 Å². The fraction of sp³-hybridized carbons (Fsp3) is 0.222. The maximum Gasteiger partial charge on any atom is 0.244 e. The maximum absolute atomic E-state index is 12.7. The van der Waals surface area contributed by atoms with E-state index in [1.165, 1.54) is 4.90 Å². The van der Waals surface area contributed by atoms with Crippen LogP contribution in [0.25, 0.3) is 0 Å². The average Bonchev–Trinajstić information content (AvgIpc) is 2.71. The highest BCUT2D eigenvalue weighted by molar-refractivity contribution is 6.33. The summed E-state index contributed by atoms with van der Waals surface area (Å²) in [6, 6.07) is 14.6. The van der Waals surface area contributed by atoms with Crippen molar-refractivity contribution in [3.8, 4) is 0 Å². The smallest absolute Gasteiger partial charge is 0.244 e. The lowest BCUT2D eigenvalue weighted by Gasteiger charge is -2.20. The number of carbonyl (C=O) groups excluding carboxylic acids is 2. The van der Waals surface area contributed by atoms with E-state index in [1.807, 2.05) is 38.1 Å². The Labute approximate surface area is 140 Å². The molecule has 0 unspecified atom stereocenters. The molecule has 2 aromatic carbocycles. The molecular formula is C18H17ClN2O2. The lowest BCUT2D eigenvalue weighted by Crippen LogP contribution is -2.40. The first-order chi connectivity index (χ1) is 10.9. The molecule has 4 nitrogen and oxygen atoms in total. The van der Waals surface area contributed by atoms with Crippen molar-refractivity contribution in [1.29, 1.82) is 0 Å². The summed E-state index contributed by atoms with van der Waals surface area (Å²) in [4.78, 5) is 26.5. The summed E-state index contributed by atoms with van der Waals surface area (Å²) in [6.07, 6.45) is 0. The summed E-state index contributed by atoms with van der Waals surface area (Å²) in [5.74, 6) is -0.355. The summed E-state index contributed by atoms with van der Waals surface area (Å²) >= 11 is 6.04. The first-order valence-electron chi connectivity index (χ1n) is 7.37. The number of para-hydroxylation sites is 2. The normalized spacial score (nSPS) is 15.4. The monoisotopic (exact) mass is 328 g/mol. The van der Waals surface area contributed by atoms with Crippen LogP contribution in [0.3, 0.4) is 0 Å². The molecule has 0 atom stereocenters. The zero-order valence-corrected chi connectivity index (χ0v) is 13.7. The van der Waals surface area contributed by atoms with Gasteiger partial charge in [0, 0.05) is 5.69 Å². The van der Waals surface area contributed by atoms with Crippen LogP contribution in [0.4, 0.5) is 11.4 Å². The quantitative estimate of drug-likeness (QED) is 0.935. The van der Waals surface area contributed by atoms with Crippen LogP contribution in [0, 0.1) is 0 Å². The van der Waals surface area contributed by atoms with Crippen LogP contribution in [0.2, 0.25) is 5.02 Å². The SMILES string of the molecule is CC1(C)C(=O)N(CC(=O)Nc2ccccc2Cl)c2ccccc21. The van der Waals surface area contributed by atoms with Crippen molar-refractivity contribution in [1.82, 2.24) is 0 Å². The fourth-order valence-corrected chi connectivity index (χ4v) is 3.04. The van der Waals surface area contributed by atoms with Gasteiger partial charge in [-0.15, -0.1) is 0 Å². The van der Waals surface area contributed by atoms with E-state index in [-0.39, 0.29) is 18.4 Å². The van der Waals surface area contributed by atoms with Crippen molar-refractivity contribution >= 4 is 34.8 Å². The minimum atomic E-state index is -0.624. The molecule has 23 heavy (non-hydrogen) atoms. The van der Waals surface area contributed by atoms with Crippen molar-refractivity contribution in [2.75, 3.05) is 16.8 Å². The molecule has 0 saturated heterocycles. The Morgan fingerprint density at radius 1 is 1.13 bits per heavy atom. The third-order valence-corrected chi connectivity index (χ3v) is 4.43. The van der Waals surface area contributed by atoms with Gasteiger partial charge in [0.05, 0.1) is 16.1 Å². The molecule has 1 N–H and O–H groups in total. The minimum absolute atomic E-state index is 0.0372. The highest BCUT2D eigenvalue weighted by Crippen LogP contribution is 2.41. The van der Waals surface area contributed by atoms with Crippen molar-refractivity contribution in [3.05, 3.63) is 59.1 Å². The van der Waals surface area contributed by atoms with Gasteiger partial charge in [0.25, 0.3) is 0 Å². The van der Waals surface area contributed by atoms with Crippen LogP contribution < -0.4 is 10.2 Å². The molecule has 0 aliphatic carbocycles. The number of nitrogens with one attached hydrogen (secondary N) is 1. The molecule has 1 heterocycles. The molecule has 118 valence electrons. The lowest BCUT2D eigenvalue weighted by molar-refractivity contribution is -0.124. The Balaban J connectivity index is 1.82. The minimum Gasteiger partial charge on any atom is -0.323 e. The molecule has 0 saturated carbocycles. The number of amides is 2. The van der Waals surface area contributed by atoms with Crippen LogP contribution >= 0.6 is 11.6 Å². The molecule has 2 aromatic rings. The van der Waals surface area contributed by atoms with E-state index in [2.05, 4.69) is 5.32 Å². The second-order valence-electron chi connectivity index (χ2n) is 6.06. The number of rotatable bonds is 3. The van der Waals surface area contributed by atoms with Crippen molar-refractivity contribution in [2.24, 2.45) is 0 Å². The van der Waals surface area contributed by atoms with Crippen LogP contribution in [0.5, 0.6) is 0 Å². The van der Waals surface area contributed by atoms with Crippen LogP contribution in [-0.4, -0.2) is 18.4 Å². The first kappa shape index (κ1) is 15.6. The van der Waals surface area contributed by atoms with E-state index in [0.29, 0.717) is 10.7 Å². The van der Waals surface area contributed by atoms with Gasteiger partial charge in [-0.2, -0.15) is 0 Å². The first-order valence-corrected chi connectivity index (χ1v) is 7.75. The number of fused-ring (bicyclic) bond motifs is 1. The van der Waals surface area contributed by atoms with E-state index in [4.69, 9.17) is 11.6 Å². The van der Waals surface area contributed by atoms with Crippen LogP contribution in [-0.2, 0) is 15.0 Å². The van der Waals surface area contributed by atoms with E-state index < -0.39 is 5.41 Å². The zero-order chi connectivity index (χ0) is 16.6. The van der Waals surface area contributed by atoms with Gasteiger partial charge in [-0.1, -0.05) is 41.9 Å². The second-order valence-corrected chi connectivity index (χ2v) is 6.47. The predicted octanol–water partition coefficient (Wildman–Crippen LogP) is 3.60. The standard InChI is InChI=1S/C18H17ClN2O2/c1-18(2)12-7-3-6-10-15(12)21(17(18)23)11-16(22)20-14-9-5-4-8-13(14)19/h3-10H,11H2,1-2H3,(H,20,22). The fourth-order valence-electron chi connectivity index (χ4n) is 2.85. The summed E-state index contributed by atoms with van der Waals surface area (Å²) in [7, 11) is 0. The molecule has 0 aromatic heterocycles. The van der Waals surface area contributed by atoms with Crippen molar-refractivity contribution in [2.45, 2.75) is 19.3 Å². The third kappa shape index (κ3) is 2.70. The number of carbonyl (C=O) groups is 2. The number of halogens is 1. The van der Waals surface area contributed by atoms with Gasteiger partial charge in [-0.05, 0) is 37.6 Å². The van der Waals surface area contributed by atoms with E-state index >= 15 is 0 Å². The van der Waals surface area contributed by atoms with Gasteiger partial charge in [-0.3, -0.25) is 9.59 Å². The summed E-state index contributed by atoms with van der Waals surface area (Å²) in [6.45, 7) is 3.71. The Morgan fingerprint density at radius 3 is 2.52 bits per heavy atom. The number of hydrogen-bond acceptors (Lipinski definition) is 2. The van der Waals surface area contributed by atoms with Crippen LogP contribution in [0.1, 0.15) is 19.4 Å². The van der Waals surface area contributed by atoms with Crippen molar-refractivity contribution in [3.63, 3.8) is 0 Å². The molecule has 2 amide bonds. The molecule has 1 aliphatic heterocycles. The molecule has 0 radical (unpaired) electrons. The second kappa shape index (κ2) is 5.70. The Bertz CT molecular complexity index is 786. The van der Waals surface area contributed by atoms with Gasteiger partial charge >= 0.3 is 0 Å². The Hall–Kier alpha value is -2.33. The third-order valence-electron chi connectivity index (χ3n) is 4.10. The van der Waals surface area contributed by atoms with Gasteiger partial charge < -0.3 is 10.2 Å². The molecule has 1 aliphatic rings. The number of nitrogens with zero attached hydrogens (tertiary/aromatic N) is 1. The highest BCUT2D eigenvalue weighted by Gasteiger charge is 2.44. The van der Waals surface area contributed by atoms with E-state index in [0.717, 1.165) is 11.3 Å². The molecule has 5 heteroatoms. The summed E-state index contributed by atoms with van der Waals surface area (Å²) in [5, 5.41) is 3.22. The summed E-state index contributed by atoms with van der Waals surface area (Å²) < 4.78 is 0. The topological polar surface area (TPSA) is 49.4 Å².